The average Bonchev–Trinajstić information content (AvgIpc) is 2.90. The monoisotopic (exact) mass is 374 g/mol. The molecule has 0 spiro atoms. The Morgan fingerprint density at radius 1 is 1.21 bits per heavy atom. The maximum Gasteiger partial charge on any atom is 0.417 e. The summed E-state index contributed by atoms with van der Waals surface area (Å²) in [4.78, 5) is 16.1. The largest absolute Gasteiger partial charge is 0.417 e. The second-order valence-electron chi connectivity index (χ2n) is 4.75. The minimum atomic E-state index is -4.52. The normalized spacial score (nSPS) is 11.7. The molecule has 0 bridgehead atoms. The number of nitrogens with one attached hydrogen (secondary N) is 1. The fourth-order valence-corrected chi connectivity index (χ4v) is 3.21. The summed E-state index contributed by atoms with van der Waals surface area (Å²) in [5.74, 6) is -1.33. The molecule has 0 fully saturated rings. The number of rotatable bonds is 2. The van der Waals surface area contributed by atoms with Crippen molar-refractivity contribution in [2.45, 2.75) is 6.18 Å². The van der Waals surface area contributed by atoms with Crippen LogP contribution in [-0.2, 0) is 6.18 Å². The Hall–Kier alpha value is -2.19. The van der Waals surface area contributed by atoms with E-state index in [1.165, 1.54) is 18.2 Å². The molecule has 0 aliphatic rings. The van der Waals surface area contributed by atoms with E-state index in [9.17, 15) is 22.4 Å². The maximum absolute atomic E-state index is 13.1. The summed E-state index contributed by atoms with van der Waals surface area (Å²) < 4.78 is 52.0. The first-order valence-corrected chi connectivity index (χ1v) is 7.68. The van der Waals surface area contributed by atoms with Crippen molar-refractivity contribution in [1.82, 2.24) is 4.98 Å². The van der Waals surface area contributed by atoms with Crippen LogP contribution in [-0.4, -0.2) is 10.9 Å². The van der Waals surface area contributed by atoms with E-state index in [0.29, 0.717) is 11.3 Å². The van der Waals surface area contributed by atoms with Crippen LogP contribution in [0.25, 0.3) is 10.2 Å². The Morgan fingerprint density at radius 3 is 2.62 bits per heavy atom. The Kier molecular flexibility index (Phi) is 4.18. The molecule has 1 amide bonds. The third-order valence-electron chi connectivity index (χ3n) is 3.12. The third kappa shape index (κ3) is 3.20. The lowest BCUT2D eigenvalue weighted by Crippen LogP contribution is -2.11. The van der Waals surface area contributed by atoms with Crippen LogP contribution in [0.15, 0.2) is 36.4 Å². The van der Waals surface area contributed by atoms with Crippen LogP contribution in [0.5, 0.6) is 0 Å². The highest BCUT2D eigenvalue weighted by molar-refractivity contribution is 7.22. The van der Waals surface area contributed by atoms with E-state index in [4.69, 9.17) is 11.6 Å². The van der Waals surface area contributed by atoms with Crippen LogP contribution >= 0.6 is 22.9 Å². The molecule has 2 aromatic carbocycles. The Labute approximate surface area is 141 Å². The average molecular weight is 375 g/mol. The number of carbonyl (C=O) groups is 1. The molecular formula is C15H7ClF4N2OS. The lowest BCUT2D eigenvalue weighted by atomic mass is 10.2. The zero-order valence-corrected chi connectivity index (χ0v) is 13.2. The molecule has 0 aliphatic carbocycles. The maximum atomic E-state index is 13.1. The predicted molar refractivity (Wildman–Crippen MR) is 84.0 cm³/mol. The number of carbonyl (C=O) groups excluding carboxylic acids is 1. The minimum Gasteiger partial charge on any atom is -0.298 e. The van der Waals surface area contributed by atoms with E-state index >= 15 is 0 Å². The molecule has 0 aliphatic heterocycles. The van der Waals surface area contributed by atoms with Crippen molar-refractivity contribution in [3.05, 3.63) is 58.4 Å². The number of hydrogen-bond donors (Lipinski definition) is 1. The quantitative estimate of drug-likeness (QED) is 0.613. The molecule has 0 saturated heterocycles. The van der Waals surface area contributed by atoms with Gasteiger partial charge in [-0.25, -0.2) is 9.37 Å². The summed E-state index contributed by atoms with van der Waals surface area (Å²) in [6.45, 7) is 0. The van der Waals surface area contributed by atoms with Crippen molar-refractivity contribution in [1.29, 1.82) is 0 Å². The van der Waals surface area contributed by atoms with Crippen molar-refractivity contribution in [2.24, 2.45) is 0 Å². The first-order chi connectivity index (χ1) is 11.3. The van der Waals surface area contributed by atoms with Crippen LogP contribution in [0.4, 0.5) is 22.7 Å². The first kappa shape index (κ1) is 16.7. The minimum absolute atomic E-state index is 0.00662. The van der Waals surface area contributed by atoms with Gasteiger partial charge in [-0.1, -0.05) is 29.0 Å². The fraction of sp³-hybridized carbons (Fsp3) is 0.0667. The summed E-state index contributed by atoms with van der Waals surface area (Å²) in [6.07, 6.45) is -4.52. The molecule has 1 heterocycles. The summed E-state index contributed by atoms with van der Waals surface area (Å²) in [5, 5.41) is 2.17. The van der Waals surface area contributed by atoms with E-state index in [1.54, 1.807) is 0 Å². The van der Waals surface area contributed by atoms with E-state index in [0.717, 1.165) is 18.2 Å². The fourth-order valence-electron chi connectivity index (χ4n) is 2.03. The third-order valence-corrected chi connectivity index (χ3v) is 4.43. The second kappa shape index (κ2) is 6.03. The lowest BCUT2D eigenvalue weighted by Gasteiger charge is -2.06. The van der Waals surface area contributed by atoms with Gasteiger partial charge < -0.3 is 0 Å². The van der Waals surface area contributed by atoms with Gasteiger partial charge in [0.1, 0.15) is 5.82 Å². The van der Waals surface area contributed by atoms with Gasteiger partial charge in [0, 0.05) is 5.56 Å². The zero-order chi connectivity index (χ0) is 17.5. The highest BCUT2D eigenvalue weighted by atomic mass is 35.5. The Morgan fingerprint density at radius 2 is 1.96 bits per heavy atom. The van der Waals surface area contributed by atoms with E-state index in [-0.39, 0.29) is 25.9 Å². The smallest absolute Gasteiger partial charge is 0.298 e. The number of benzene rings is 2. The summed E-state index contributed by atoms with van der Waals surface area (Å²) in [6, 6.07) is 6.98. The van der Waals surface area contributed by atoms with Crippen LogP contribution in [0.2, 0.25) is 5.02 Å². The summed E-state index contributed by atoms with van der Waals surface area (Å²) in [7, 11) is 0. The van der Waals surface area contributed by atoms with Crippen LogP contribution in [0.1, 0.15) is 15.9 Å². The molecule has 1 aromatic heterocycles. The van der Waals surface area contributed by atoms with Gasteiger partial charge in [-0.15, -0.1) is 0 Å². The number of nitrogens with zero attached hydrogens (tertiary/aromatic N) is 1. The lowest BCUT2D eigenvalue weighted by molar-refractivity contribution is -0.136. The summed E-state index contributed by atoms with van der Waals surface area (Å²) in [5.41, 5.74) is -0.623. The molecule has 0 radical (unpaired) electrons. The molecule has 24 heavy (non-hydrogen) atoms. The number of amides is 1. The van der Waals surface area contributed by atoms with Crippen molar-refractivity contribution >= 4 is 44.2 Å². The molecule has 124 valence electrons. The molecule has 3 nitrogen and oxygen atoms in total. The predicted octanol–water partition coefficient (Wildman–Crippen LogP) is 5.36. The van der Waals surface area contributed by atoms with Gasteiger partial charge in [0.25, 0.3) is 5.91 Å². The van der Waals surface area contributed by atoms with Gasteiger partial charge in [-0.05, 0) is 30.3 Å². The zero-order valence-electron chi connectivity index (χ0n) is 11.6. The number of hydrogen-bond acceptors (Lipinski definition) is 3. The second-order valence-corrected chi connectivity index (χ2v) is 6.16. The van der Waals surface area contributed by atoms with Crippen LogP contribution in [0, 0.1) is 5.82 Å². The molecule has 0 atom stereocenters. The summed E-state index contributed by atoms with van der Waals surface area (Å²) >= 11 is 6.31. The van der Waals surface area contributed by atoms with E-state index in [2.05, 4.69) is 10.3 Å². The van der Waals surface area contributed by atoms with Gasteiger partial charge in [-0.3, -0.25) is 10.1 Å². The SMILES string of the molecule is O=C(Nc1nc2cccc(C(F)(F)F)c2s1)c1ccc(F)c(Cl)c1. The highest BCUT2D eigenvalue weighted by Crippen LogP contribution is 2.38. The van der Waals surface area contributed by atoms with Gasteiger partial charge in [0.05, 0.1) is 20.8 Å². The number of thiazole rings is 1. The van der Waals surface area contributed by atoms with Crippen molar-refractivity contribution in [3.8, 4) is 0 Å². The van der Waals surface area contributed by atoms with Gasteiger partial charge >= 0.3 is 6.18 Å². The van der Waals surface area contributed by atoms with Crippen molar-refractivity contribution in [2.75, 3.05) is 5.32 Å². The van der Waals surface area contributed by atoms with Crippen molar-refractivity contribution in [3.63, 3.8) is 0 Å². The van der Waals surface area contributed by atoms with Gasteiger partial charge in [0.2, 0.25) is 0 Å². The van der Waals surface area contributed by atoms with E-state index in [1.807, 2.05) is 0 Å². The molecule has 0 saturated carbocycles. The number of aromatic nitrogens is 1. The molecule has 9 heteroatoms. The van der Waals surface area contributed by atoms with Crippen LogP contribution < -0.4 is 5.32 Å². The highest BCUT2D eigenvalue weighted by Gasteiger charge is 2.33. The number of alkyl halides is 3. The van der Waals surface area contributed by atoms with E-state index < -0.39 is 23.5 Å². The van der Waals surface area contributed by atoms with Gasteiger partial charge in [-0.2, -0.15) is 13.2 Å². The Balaban J connectivity index is 1.93. The first-order valence-electron chi connectivity index (χ1n) is 6.49. The molecule has 1 N–H and O–H groups in total. The number of anilines is 1. The molecule has 0 unspecified atom stereocenters. The standard InChI is InChI=1S/C15H7ClF4N2OS/c16-9-6-7(4-5-10(9)17)13(23)22-14-21-11-3-1-2-8(12(11)24-14)15(18,19)20/h1-6H,(H,21,22,23). The van der Waals surface area contributed by atoms with Crippen LogP contribution in [0.3, 0.4) is 0 Å². The molecule has 3 aromatic rings. The molecular weight excluding hydrogens is 368 g/mol. The Bertz CT molecular complexity index is 939. The number of halogens is 5. The van der Waals surface area contributed by atoms with Crippen molar-refractivity contribution < 1.29 is 22.4 Å². The number of fused-ring (bicyclic) bond motifs is 1. The van der Waals surface area contributed by atoms with Gasteiger partial charge in [0.15, 0.2) is 5.13 Å². The topological polar surface area (TPSA) is 42.0 Å². The molecule has 3 rings (SSSR count).